The van der Waals surface area contributed by atoms with Crippen LogP contribution in [0.25, 0.3) is 11.2 Å². The highest BCUT2D eigenvalue weighted by molar-refractivity contribution is 5.79. The second-order valence-electron chi connectivity index (χ2n) is 5.65. The lowest BCUT2D eigenvalue weighted by Crippen LogP contribution is -2.32. The quantitative estimate of drug-likeness (QED) is 0.707. The van der Waals surface area contributed by atoms with Crippen molar-refractivity contribution in [1.82, 2.24) is 19.1 Å². The number of imidazole rings is 1. The monoisotopic (exact) mass is 309 g/mol. The Balaban J connectivity index is 2.53. The van der Waals surface area contributed by atoms with Gasteiger partial charge in [0.1, 0.15) is 6.04 Å². The van der Waals surface area contributed by atoms with Crippen LogP contribution in [0, 0.1) is 5.92 Å². The van der Waals surface area contributed by atoms with Crippen molar-refractivity contribution >= 4 is 23.1 Å². The zero-order valence-electron chi connectivity index (χ0n) is 12.9. The SMILES string of the molecule is CC(C)C[C@H](Nc1nc2c(c(=O)[nH]c(=O)n2C)n1C)C(=O)O. The van der Waals surface area contributed by atoms with E-state index in [0.717, 1.165) is 0 Å². The van der Waals surface area contributed by atoms with E-state index in [1.165, 1.54) is 16.2 Å². The average Bonchev–Trinajstić information content (AvgIpc) is 2.73. The maximum Gasteiger partial charge on any atom is 0.329 e. The zero-order chi connectivity index (χ0) is 16.6. The molecule has 0 bridgehead atoms. The largest absolute Gasteiger partial charge is 0.480 e. The summed E-state index contributed by atoms with van der Waals surface area (Å²) in [5, 5.41) is 12.1. The van der Waals surface area contributed by atoms with Gasteiger partial charge in [-0.25, -0.2) is 9.59 Å². The van der Waals surface area contributed by atoms with Crippen LogP contribution in [-0.4, -0.2) is 36.2 Å². The normalized spacial score (nSPS) is 12.8. The van der Waals surface area contributed by atoms with Gasteiger partial charge in [0.2, 0.25) is 5.95 Å². The molecule has 120 valence electrons. The summed E-state index contributed by atoms with van der Waals surface area (Å²) in [4.78, 5) is 41.2. The van der Waals surface area contributed by atoms with Crippen molar-refractivity contribution in [2.75, 3.05) is 5.32 Å². The zero-order valence-corrected chi connectivity index (χ0v) is 12.9. The van der Waals surface area contributed by atoms with Gasteiger partial charge in [0.25, 0.3) is 5.56 Å². The molecule has 0 aliphatic carbocycles. The first-order valence-corrected chi connectivity index (χ1v) is 6.87. The summed E-state index contributed by atoms with van der Waals surface area (Å²) in [6.45, 7) is 3.84. The van der Waals surface area contributed by atoms with Crippen molar-refractivity contribution in [1.29, 1.82) is 0 Å². The second-order valence-corrected chi connectivity index (χ2v) is 5.65. The van der Waals surface area contributed by atoms with Gasteiger partial charge in [-0.1, -0.05) is 13.8 Å². The number of aliphatic carboxylic acids is 1. The molecular formula is C13H19N5O4. The number of aryl methyl sites for hydroxylation is 2. The molecule has 1 atom stereocenters. The summed E-state index contributed by atoms with van der Waals surface area (Å²) in [7, 11) is 3.08. The second kappa shape index (κ2) is 5.66. The number of carbonyl (C=O) groups is 1. The van der Waals surface area contributed by atoms with Crippen LogP contribution in [-0.2, 0) is 18.9 Å². The first kappa shape index (κ1) is 15.8. The Morgan fingerprint density at radius 1 is 1.32 bits per heavy atom. The smallest absolute Gasteiger partial charge is 0.329 e. The molecule has 0 fully saturated rings. The summed E-state index contributed by atoms with van der Waals surface area (Å²) in [5.74, 6) is -0.589. The molecule has 0 aromatic carbocycles. The van der Waals surface area contributed by atoms with Crippen molar-refractivity contribution in [3.8, 4) is 0 Å². The molecule has 0 aliphatic heterocycles. The van der Waals surface area contributed by atoms with Crippen LogP contribution in [0.4, 0.5) is 5.95 Å². The Morgan fingerprint density at radius 3 is 2.50 bits per heavy atom. The minimum atomic E-state index is -0.997. The number of aromatic nitrogens is 4. The number of carboxylic acid groups (broad SMARTS) is 1. The molecule has 2 rings (SSSR count). The number of nitrogens with one attached hydrogen (secondary N) is 2. The Hall–Kier alpha value is -2.58. The van der Waals surface area contributed by atoms with Crippen LogP contribution < -0.4 is 16.6 Å². The van der Waals surface area contributed by atoms with Gasteiger partial charge in [-0.2, -0.15) is 4.98 Å². The molecule has 22 heavy (non-hydrogen) atoms. The molecule has 0 amide bonds. The predicted octanol–water partition coefficient (Wildman–Crippen LogP) is -0.128. The van der Waals surface area contributed by atoms with Crippen molar-refractivity contribution < 1.29 is 9.90 Å². The van der Waals surface area contributed by atoms with E-state index in [2.05, 4.69) is 15.3 Å². The van der Waals surface area contributed by atoms with E-state index in [4.69, 9.17) is 0 Å². The lowest BCUT2D eigenvalue weighted by atomic mass is 10.0. The third-order valence-electron chi connectivity index (χ3n) is 3.44. The minimum absolute atomic E-state index is 0.177. The van der Waals surface area contributed by atoms with Crippen molar-refractivity contribution in [2.24, 2.45) is 20.0 Å². The molecule has 9 nitrogen and oxygen atoms in total. The Bertz CT molecular complexity index is 829. The maximum absolute atomic E-state index is 11.9. The number of H-pyrrole nitrogens is 1. The highest BCUT2D eigenvalue weighted by Crippen LogP contribution is 2.16. The van der Waals surface area contributed by atoms with E-state index in [9.17, 15) is 19.5 Å². The van der Waals surface area contributed by atoms with E-state index in [-0.39, 0.29) is 23.0 Å². The Labute approximate surface area is 125 Å². The Morgan fingerprint density at radius 2 is 1.95 bits per heavy atom. The van der Waals surface area contributed by atoms with Crippen LogP contribution in [0.1, 0.15) is 20.3 Å². The molecule has 0 saturated carbocycles. The van der Waals surface area contributed by atoms with Gasteiger partial charge in [-0.15, -0.1) is 0 Å². The van der Waals surface area contributed by atoms with Gasteiger partial charge < -0.3 is 15.0 Å². The van der Waals surface area contributed by atoms with Crippen LogP contribution in [0.15, 0.2) is 9.59 Å². The molecule has 2 aromatic rings. The molecule has 0 spiro atoms. The predicted molar refractivity (Wildman–Crippen MR) is 81.1 cm³/mol. The Kier molecular flexibility index (Phi) is 4.07. The highest BCUT2D eigenvalue weighted by atomic mass is 16.4. The number of carboxylic acids is 1. The first-order chi connectivity index (χ1) is 10.2. The number of anilines is 1. The van der Waals surface area contributed by atoms with Crippen LogP contribution in [0.3, 0.4) is 0 Å². The molecule has 3 N–H and O–H groups in total. The third kappa shape index (κ3) is 2.74. The van der Waals surface area contributed by atoms with Crippen molar-refractivity contribution in [2.45, 2.75) is 26.3 Å². The summed E-state index contributed by atoms with van der Waals surface area (Å²) in [6.07, 6.45) is 0.411. The summed E-state index contributed by atoms with van der Waals surface area (Å²) >= 11 is 0. The number of rotatable bonds is 5. The minimum Gasteiger partial charge on any atom is -0.480 e. The van der Waals surface area contributed by atoms with Crippen LogP contribution >= 0.6 is 0 Å². The molecule has 9 heteroatoms. The van der Waals surface area contributed by atoms with Gasteiger partial charge in [0.05, 0.1) is 0 Å². The van der Waals surface area contributed by atoms with E-state index in [1.807, 2.05) is 13.8 Å². The third-order valence-corrected chi connectivity index (χ3v) is 3.44. The molecule has 2 aromatic heterocycles. The summed E-state index contributed by atoms with van der Waals surface area (Å²) < 4.78 is 2.66. The van der Waals surface area contributed by atoms with Crippen LogP contribution in [0.2, 0.25) is 0 Å². The average molecular weight is 309 g/mol. The van der Waals surface area contributed by atoms with Crippen molar-refractivity contribution in [3.63, 3.8) is 0 Å². The number of aromatic amines is 1. The molecule has 0 aliphatic rings. The molecular weight excluding hydrogens is 290 g/mol. The lowest BCUT2D eigenvalue weighted by molar-refractivity contribution is -0.138. The standard InChI is InChI=1S/C13H19N5O4/c1-6(2)5-7(11(20)21)14-12-15-9-8(17(12)3)10(19)16-13(22)18(9)4/h6-7H,5H2,1-4H3,(H,14,15)(H,20,21)(H,16,19,22)/t7-/m0/s1. The maximum atomic E-state index is 11.9. The number of nitrogens with zero attached hydrogens (tertiary/aromatic N) is 3. The lowest BCUT2D eigenvalue weighted by Gasteiger charge is -2.16. The van der Waals surface area contributed by atoms with Gasteiger partial charge in [-0.05, 0) is 12.3 Å². The molecule has 0 saturated heterocycles. The van der Waals surface area contributed by atoms with E-state index in [1.54, 1.807) is 7.05 Å². The molecule has 0 radical (unpaired) electrons. The van der Waals surface area contributed by atoms with E-state index >= 15 is 0 Å². The van der Waals surface area contributed by atoms with Gasteiger partial charge in [-0.3, -0.25) is 14.3 Å². The fraction of sp³-hybridized carbons (Fsp3) is 0.538. The highest BCUT2D eigenvalue weighted by Gasteiger charge is 2.22. The number of hydrogen-bond donors (Lipinski definition) is 3. The fourth-order valence-electron chi connectivity index (χ4n) is 2.29. The van der Waals surface area contributed by atoms with E-state index in [0.29, 0.717) is 6.42 Å². The first-order valence-electron chi connectivity index (χ1n) is 6.87. The van der Waals surface area contributed by atoms with Gasteiger partial charge in [0, 0.05) is 14.1 Å². The molecule has 0 unspecified atom stereocenters. The van der Waals surface area contributed by atoms with Gasteiger partial charge >= 0.3 is 11.7 Å². The number of hydrogen-bond acceptors (Lipinski definition) is 5. The number of fused-ring (bicyclic) bond motifs is 1. The van der Waals surface area contributed by atoms with Gasteiger partial charge in [0.15, 0.2) is 11.2 Å². The summed E-state index contributed by atoms with van der Waals surface area (Å²) in [6, 6.07) is -0.827. The van der Waals surface area contributed by atoms with E-state index < -0.39 is 23.3 Å². The van der Waals surface area contributed by atoms with Crippen molar-refractivity contribution in [3.05, 3.63) is 20.8 Å². The topological polar surface area (TPSA) is 122 Å². The summed E-state index contributed by atoms with van der Waals surface area (Å²) in [5.41, 5.74) is -0.721. The van der Waals surface area contributed by atoms with Crippen LogP contribution in [0.5, 0.6) is 0 Å². The fourth-order valence-corrected chi connectivity index (χ4v) is 2.29. The molecule has 2 heterocycles.